The lowest BCUT2D eigenvalue weighted by atomic mass is 10.0. The average molecular weight is 362 g/mol. The van der Waals surface area contributed by atoms with Crippen LogP contribution < -0.4 is 4.74 Å². The van der Waals surface area contributed by atoms with Crippen molar-refractivity contribution in [2.45, 2.75) is 5.88 Å². The molecule has 0 bridgehead atoms. The summed E-state index contributed by atoms with van der Waals surface area (Å²) in [6, 6.07) is 12.0. The van der Waals surface area contributed by atoms with Crippen LogP contribution >= 0.6 is 23.2 Å². The fourth-order valence-corrected chi connectivity index (χ4v) is 2.70. The molecule has 2 aromatic carbocycles. The Balaban J connectivity index is 2.09. The highest BCUT2D eigenvalue weighted by atomic mass is 35.5. The van der Waals surface area contributed by atoms with Gasteiger partial charge in [-0.2, -0.15) is 0 Å². The van der Waals surface area contributed by atoms with Crippen molar-refractivity contribution in [3.63, 3.8) is 0 Å². The van der Waals surface area contributed by atoms with Crippen molar-refractivity contribution in [3.05, 3.63) is 70.8 Å². The highest BCUT2D eigenvalue weighted by molar-refractivity contribution is 6.31. The minimum atomic E-state index is -0.163. The number of methoxy groups -OCH3 is 1. The number of alkyl halides is 1. The number of benzene rings is 2. The maximum Gasteiger partial charge on any atom is 0.195 e. The first-order valence-electron chi connectivity index (χ1n) is 7.07. The van der Waals surface area contributed by atoms with E-state index in [-0.39, 0.29) is 11.7 Å². The van der Waals surface area contributed by atoms with Crippen LogP contribution in [0.15, 0.2) is 48.8 Å². The molecule has 0 amide bonds. The zero-order valence-electron chi connectivity index (χ0n) is 12.7. The van der Waals surface area contributed by atoms with Gasteiger partial charge in [0.05, 0.1) is 18.7 Å². The van der Waals surface area contributed by atoms with E-state index in [0.29, 0.717) is 33.4 Å². The predicted molar refractivity (Wildman–Crippen MR) is 92.4 cm³/mol. The molecule has 3 aromatic rings. The van der Waals surface area contributed by atoms with Gasteiger partial charge in [0.1, 0.15) is 12.1 Å². The third kappa shape index (κ3) is 3.13. The molecule has 1 heterocycles. The van der Waals surface area contributed by atoms with Gasteiger partial charge in [-0.1, -0.05) is 11.6 Å². The smallest absolute Gasteiger partial charge is 0.195 e. The van der Waals surface area contributed by atoms with E-state index in [1.165, 1.54) is 6.33 Å². The van der Waals surface area contributed by atoms with E-state index < -0.39 is 0 Å². The molecule has 24 heavy (non-hydrogen) atoms. The Morgan fingerprint density at radius 2 is 1.96 bits per heavy atom. The zero-order chi connectivity index (χ0) is 17.1. The molecule has 5 nitrogen and oxygen atoms in total. The van der Waals surface area contributed by atoms with E-state index >= 15 is 0 Å². The van der Waals surface area contributed by atoms with Crippen LogP contribution in [0.2, 0.25) is 5.02 Å². The first-order valence-corrected chi connectivity index (χ1v) is 7.99. The van der Waals surface area contributed by atoms with Crippen molar-refractivity contribution in [3.8, 4) is 11.4 Å². The zero-order valence-corrected chi connectivity index (χ0v) is 14.3. The first kappa shape index (κ1) is 16.5. The number of hydrogen-bond donors (Lipinski definition) is 0. The van der Waals surface area contributed by atoms with Crippen molar-refractivity contribution in [1.29, 1.82) is 0 Å². The standard InChI is InChI=1S/C17H13Cl2N3O2/c1-24-13-5-2-11(3-6-13)17(23)14-8-12(19)4-7-15(14)22-10-20-21-16(22)9-18/h2-8,10H,9H2,1H3. The largest absolute Gasteiger partial charge is 0.497 e. The minimum absolute atomic E-state index is 0.163. The van der Waals surface area contributed by atoms with Crippen LogP contribution in [0.25, 0.3) is 5.69 Å². The maximum atomic E-state index is 12.9. The van der Waals surface area contributed by atoms with E-state index in [4.69, 9.17) is 27.9 Å². The molecular weight excluding hydrogens is 349 g/mol. The molecule has 0 fully saturated rings. The summed E-state index contributed by atoms with van der Waals surface area (Å²) in [6.07, 6.45) is 1.52. The Labute approximate surface area is 148 Å². The summed E-state index contributed by atoms with van der Waals surface area (Å²) in [7, 11) is 1.58. The number of ketones is 1. The quantitative estimate of drug-likeness (QED) is 0.510. The number of aromatic nitrogens is 3. The summed E-state index contributed by atoms with van der Waals surface area (Å²) in [5.74, 6) is 1.24. The number of hydrogen-bond acceptors (Lipinski definition) is 4. The molecule has 0 radical (unpaired) electrons. The Hall–Kier alpha value is -2.37. The van der Waals surface area contributed by atoms with Crippen molar-refractivity contribution in [2.75, 3.05) is 7.11 Å². The van der Waals surface area contributed by atoms with E-state index in [2.05, 4.69) is 10.2 Å². The number of carbonyl (C=O) groups excluding carboxylic acids is 1. The molecule has 0 N–H and O–H groups in total. The Morgan fingerprint density at radius 1 is 1.21 bits per heavy atom. The molecule has 0 spiro atoms. The number of carbonyl (C=O) groups is 1. The van der Waals surface area contributed by atoms with Gasteiger partial charge in [-0.15, -0.1) is 21.8 Å². The second kappa shape index (κ2) is 7.03. The average Bonchev–Trinajstić information content (AvgIpc) is 3.09. The lowest BCUT2D eigenvalue weighted by molar-refractivity contribution is 0.103. The van der Waals surface area contributed by atoms with Crippen LogP contribution in [-0.4, -0.2) is 27.7 Å². The number of rotatable bonds is 5. The van der Waals surface area contributed by atoms with E-state index in [1.807, 2.05) is 0 Å². The SMILES string of the molecule is COc1ccc(C(=O)c2cc(Cl)ccc2-n2cnnc2CCl)cc1. The fourth-order valence-electron chi connectivity index (χ4n) is 2.35. The van der Waals surface area contributed by atoms with Gasteiger partial charge in [0.2, 0.25) is 0 Å². The van der Waals surface area contributed by atoms with Gasteiger partial charge in [-0.25, -0.2) is 0 Å². The van der Waals surface area contributed by atoms with Gasteiger partial charge in [0.15, 0.2) is 11.6 Å². The molecule has 0 saturated heterocycles. The highest BCUT2D eigenvalue weighted by Crippen LogP contribution is 2.24. The van der Waals surface area contributed by atoms with Gasteiger partial charge >= 0.3 is 0 Å². The summed E-state index contributed by atoms with van der Waals surface area (Å²) >= 11 is 12.0. The Bertz CT molecular complexity index is 876. The van der Waals surface area contributed by atoms with Gasteiger partial charge in [0, 0.05) is 16.1 Å². The van der Waals surface area contributed by atoms with Crippen LogP contribution in [0.1, 0.15) is 21.7 Å². The first-order chi connectivity index (χ1) is 11.6. The molecule has 0 aliphatic carbocycles. The lowest BCUT2D eigenvalue weighted by Crippen LogP contribution is -2.09. The second-order valence-electron chi connectivity index (χ2n) is 4.97. The highest BCUT2D eigenvalue weighted by Gasteiger charge is 2.17. The molecule has 0 unspecified atom stereocenters. The summed E-state index contributed by atoms with van der Waals surface area (Å²) < 4.78 is 6.80. The van der Waals surface area contributed by atoms with Crippen molar-refractivity contribution < 1.29 is 9.53 Å². The van der Waals surface area contributed by atoms with Crippen molar-refractivity contribution in [2.24, 2.45) is 0 Å². The number of nitrogens with zero attached hydrogens (tertiary/aromatic N) is 3. The van der Waals surface area contributed by atoms with Crippen LogP contribution in [0.5, 0.6) is 5.75 Å². The topological polar surface area (TPSA) is 57.0 Å². The summed E-state index contributed by atoms with van der Waals surface area (Å²) in [6.45, 7) is 0. The monoisotopic (exact) mass is 361 g/mol. The van der Waals surface area contributed by atoms with E-state index in [9.17, 15) is 4.79 Å². The van der Waals surface area contributed by atoms with Crippen LogP contribution in [0.4, 0.5) is 0 Å². The number of halogens is 2. The molecule has 122 valence electrons. The van der Waals surface area contributed by atoms with Crippen LogP contribution in [0, 0.1) is 0 Å². The molecule has 0 aliphatic heterocycles. The van der Waals surface area contributed by atoms with Crippen LogP contribution in [0.3, 0.4) is 0 Å². The molecule has 0 aliphatic rings. The molecule has 0 saturated carbocycles. The molecule has 7 heteroatoms. The van der Waals surface area contributed by atoms with E-state index in [1.54, 1.807) is 54.1 Å². The minimum Gasteiger partial charge on any atom is -0.497 e. The molecular formula is C17H13Cl2N3O2. The van der Waals surface area contributed by atoms with Gasteiger partial charge < -0.3 is 4.74 Å². The molecule has 0 atom stereocenters. The summed E-state index contributed by atoms with van der Waals surface area (Å²) in [5, 5.41) is 8.27. The lowest BCUT2D eigenvalue weighted by Gasteiger charge is -2.12. The summed E-state index contributed by atoms with van der Waals surface area (Å²) in [4.78, 5) is 12.9. The Morgan fingerprint density at radius 3 is 2.62 bits per heavy atom. The van der Waals surface area contributed by atoms with Crippen LogP contribution in [-0.2, 0) is 5.88 Å². The van der Waals surface area contributed by atoms with Gasteiger partial charge in [-0.05, 0) is 42.5 Å². The second-order valence-corrected chi connectivity index (χ2v) is 5.67. The van der Waals surface area contributed by atoms with Crippen molar-refractivity contribution in [1.82, 2.24) is 14.8 Å². The van der Waals surface area contributed by atoms with Crippen molar-refractivity contribution >= 4 is 29.0 Å². The normalized spacial score (nSPS) is 10.6. The third-order valence-electron chi connectivity index (χ3n) is 3.55. The maximum absolute atomic E-state index is 12.9. The van der Waals surface area contributed by atoms with Gasteiger partial charge in [-0.3, -0.25) is 9.36 Å². The predicted octanol–water partition coefficient (Wildman–Crippen LogP) is 3.90. The van der Waals surface area contributed by atoms with Gasteiger partial charge in [0.25, 0.3) is 0 Å². The summed E-state index contributed by atoms with van der Waals surface area (Å²) in [5.41, 5.74) is 1.60. The fraction of sp³-hybridized carbons (Fsp3) is 0.118. The molecule has 3 rings (SSSR count). The molecule has 1 aromatic heterocycles. The number of ether oxygens (including phenoxy) is 1. The Kier molecular flexibility index (Phi) is 4.83. The third-order valence-corrected chi connectivity index (χ3v) is 4.03. The van der Waals surface area contributed by atoms with E-state index in [0.717, 1.165) is 0 Å².